The highest BCUT2D eigenvalue weighted by Gasteiger charge is 2.41. The average molecular weight is 373 g/mol. The molecule has 2 aromatic carbocycles. The molecule has 0 aliphatic rings. The van der Waals surface area contributed by atoms with Crippen LogP contribution < -0.4 is 0 Å². The fourth-order valence-electron chi connectivity index (χ4n) is 2.28. The lowest BCUT2D eigenvalue weighted by Gasteiger charge is -2.40. The van der Waals surface area contributed by atoms with Crippen LogP contribution in [0.25, 0.3) is 0 Å². The third kappa shape index (κ3) is 5.30. The lowest BCUT2D eigenvalue weighted by molar-refractivity contribution is -0.108. The summed E-state index contributed by atoms with van der Waals surface area (Å²) in [5, 5.41) is -0.191. The summed E-state index contributed by atoms with van der Waals surface area (Å²) in [7, 11) is -2.02. The summed E-state index contributed by atoms with van der Waals surface area (Å²) < 4.78 is 6.70. The Morgan fingerprint density at radius 2 is 1.48 bits per heavy atom. The lowest BCUT2D eigenvalue weighted by atomic mass is 10.1. The molecule has 25 heavy (non-hydrogen) atoms. The Hall–Kier alpha value is -1.36. The predicted octanol–water partition coefficient (Wildman–Crippen LogP) is 6.11. The molecule has 2 nitrogen and oxygen atoms in total. The molecule has 0 aliphatic carbocycles. The zero-order chi connectivity index (χ0) is 18.5. The van der Waals surface area contributed by atoms with E-state index < -0.39 is 8.32 Å². The van der Waals surface area contributed by atoms with E-state index in [-0.39, 0.29) is 16.4 Å². The Labute approximate surface area is 157 Å². The summed E-state index contributed by atoms with van der Waals surface area (Å²) >= 11 is 1.57. The van der Waals surface area contributed by atoms with Gasteiger partial charge in [-0.05, 0) is 35.8 Å². The van der Waals surface area contributed by atoms with Gasteiger partial charge in [0.2, 0.25) is 0 Å². The van der Waals surface area contributed by atoms with E-state index in [9.17, 15) is 4.79 Å². The van der Waals surface area contributed by atoms with E-state index in [2.05, 4.69) is 46.0 Å². The number of rotatable bonds is 7. The van der Waals surface area contributed by atoms with Crippen molar-refractivity contribution in [1.82, 2.24) is 0 Å². The second-order valence-electron chi connectivity index (χ2n) is 7.74. The van der Waals surface area contributed by atoms with Crippen molar-refractivity contribution in [2.45, 2.75) is 55.2 Å². The first kappa shape index (κ1) is 20.0. The van der Waals surface area contributed by atoms with E-state index in [1.165, 1.54) is 0 Å². The molecule has 2 aromatic rings. The molecule has 134 valence electrons. The van der Waals surface area contributed by atoms with Crippen LogP contribution in [-0.2, 0) is 9.22 Å². The summed E-state index contributed by atoms with van der Waals surface area (Å²) in [6, 6.07) is 20.2. The number of carbonyl (C=O) groups excluding carboxylic acids is 1. The van der Waals surface area contributed by atoms with Crippen LogP contribution in [0.4, 0.5) is 0 Å². The van der Waals surface area contributed by atoms with Gasteiger partial charge in [-0.1, -0.05) is 69.3 Å². The summed E-state index contributed by atoms with van der Waals surface area (Å²) in [4.78, 5) is 13.1. The van der Waals surface area contributed by atoms with Crippen LogP contribution in [0.15, 0.2) is 65.6 Å². The van der Waals surface area contributed by atoms with Gasteiger partial charge in [-0.25, -0.2) is 0 Å². The van der Waals surface area contributed by atoms with Crippen molar-refractivity contribution in [1.29, 1.82) is 0 Å². The second kappa shape index (κ2) is 8.34. The van der Waals surface area contributed by atoms with Crippen LogP contribution in [0.2, 0.25) is 18.1 Å². The lowest BCUT2D eigenvalue weighted by Crippen LogP contribution is -2.43. The molecule has 0 spiro atoms. The normalized spacial score (nSPS) is 14.8. The number of hydrogen-bond acceptors (Lipinski definition) is 3. The van der Waals surface area contributed by atoms with Crippen LogP contribution >= 0.6 is 11.8 Å². The minimum Gasteiger partial charge on any atom is -0.408 e. The largest absolute Gasteiger partial charge is 0.408 e. The topological polar surface area (TPSA) is 26.3 Å². The van der Waals surface area contributed by atoms with E-state index in [4.69, 9.17) is 4.43 Å². The molecule has 2 rings (SSSR count). The highest BCUT2D eigenvalue weighted by atomic mass is 32.2. The molecule has 0 saturated heterocycles. The molecule has 0 aromatic heterocycles. The molecule has 0 N–H and O–H groups in total. The Morgan fingerprint density at radius 3 is 1.96 bits per heavy atom. The van der Waals surface area contributed by atoms with Gasteiger partial charge in [-0.2, -0.15) is 0 Å². The van der Waals surface area contributed by atoms with Gasteiger partial charge >= 0.3 is 0 Å². The van der Waals surface area contributed by atoms with E-state index in [0.29, 0.717) is 0 Å². The Bertz CT molecular complexity index is 665. The summed E-state index contributed by atoms with van der Waals surface area (Å²) in [5.41, 5.74) is 1.06. The van der Waals surface area contributed by atoms with Crippen molar-refractivity contribution in [2.24, 2.45) is 0 Å². The van der Waals surface area contributed by atoms with Gasteiger partial charge in [0.15, 0.2) is 8.32 Å². The van der Waals surface area contributed by atoms with Gasteiger partial charge < -0.3 is 9.22 Å². The van der Waals surface area contributed by atoms with Crippen LogP contribution in [0.3, 0.4) is 0 Å². The van der Waals surface area contributed by atoms with Gasteiger partial charge in [0.25, 0.3) is 0 Å². The third-order valence-electron chi connectivity index (χ3n) is 4.80. The smallest absolute Gasteiger partial charge is 0.192 e. The molecule has 4 heteroatoms. The number of carbonyl (C=O) groups is 1. The highest BCUT2D eigenvalue weighted by molar-refractivity contribution is 8.00. The van der Waals surface area contributed by atoms with Gasteiger partial charge in [0.05, 0.1) is 11.4 Å². The van der Waals surface area contributed by atoms with Crippen molar-refractivity contribution in [2.75, 3.05) is 0 Å². The van der Waals surface area contributed by atoms with E-state index in [0.717, 1.165) is 16.7 Å². The zero-order valence-corrected chi connectivity index (χ0v) is 17.5. The van der Waals surface area contributed by atoms with Crippen LogP contribution in [0.1, 0.15) is 32.4 Å². The molecular weight excluding hydrogens is 344 g/mol. The highest BCUT2D eigenvalue weighted by Crippen LogP contribution is 2.43. The van der Waals surface area contributed by atoms with Gasteiger partial charge in [0, 0.05) is 4.90 Å². The molecule has 0 unspecified atom stereocenters. The number of hydrogen-bond donors (Lipinski definition) is 0. The first-order chi connectivity index (χ1) is 11.7. The maximum Gasteiger partial charge on any atom is 0.192 e. The SMILES string of the molecule is CC(C)(C)[Si](C)(C)O[C@@H](c1ccccc1)[C@@H](C=O)Sc1ccccc1. The fraction of sp³-hybridized carbons (Fsp3) is 0.381. The fourth-order valence-corrected chi connectivity index (χ4v) is 4.67. The van der Waals surface area contributed by atoms with E-state index >= 15 is 0 Å². The Morgan fingerprint density at radius 1 is 0.960 bits per heavy atom. The second-order valence-corrected chi connectivity index (χ2v) is 13.7. The average Bonchev–Trinajstić information content (AvgIpc) is 2.58. The summed E-state index contributed by atoms with van der Waals surface area (Å²) in [5.74, 6) is 0. The van der Waals surface area contributed by atoms with Crippen molar-refractivity contribution >= 4 is 26.4 Å². The molecule has 2 atom stereocenters. The van der Waals surface area contributed by atoms with Crippen molar-refractivity contribution in [3.63, 3.8) is 0 Å². The van der Waals surface area contributed by atoms with Crippen LogP contribution in [0, 0.1) is 0 Å². The minimum atomic E-state index is -2.02. The van der Waals surface area contributed by atoms with Gasteiger partial charge in [0.1, 0.15) is 6.29 Å². The van der Waals surface area contributed by atoms with E-state index in [1.807, 2.05) is 48.5 Å². The first-order valence-electron chi connectivity index (χ1n) is 8.64. The molecule has 0 aliphatic heterocycles. The maximum absolute atomic E-state index is 12.0. The van der Waals surface area contributed by atoms with Crippen molar-refractivity contribution in [3.05, 3.63) is 66.2 Å². The van der Waals surface area contributed by atoms with E-state index in [1.54, 1.807) is 11.8 Å². The third-order valence-corrected chi connectivity index (χ3v) is 10.4. The van der Waals surface area contributed by atoms with Gasteiger partial charge in [-0.15, -0.1) is 11.8 Å². The monoisotopic (exact) mass is 372 g/mol. The molecule has 0 bridgehead atoms. The molecule has 0 saturated carbocycles. The molecule has 0 amide bonds. The minimum absolute atomic E-state index is 0.0882. The summed E-state index contributed by atoms with van der Waals surface area (Å²) in [6.07, 6.45) is 0.785. The molecule has 0 fully saturated rings. The molecular formula is C21H28O2SSi. The number of thioether (sulfide) groups is 1. The zero-order valence-electron chi connectivity index (χ0n) is 15.7. The van der Waals surface area contributed by atoms with Crippen LogP contribution in [-0.4, -0.2) is 19.9 Å². The van der Waals surface area contributed by atoms with Crippen molar-refractivity contribution in [3.8, 4) is 0 Å². The predicted molar refractivity (Wildman–Crippen MR) is 110 cm³/mol. The molecule has 0 heterocycles. The Balaban J connectivity index is 2.34. The van der Waals surface area contributed by atoms with Gasteiger partial charge in [-0.3, -0.25) is 0 Å². The standard InChI is InChI=1S/C21H28O2SSi/c1-21(2,3)25(4,5)23-20(17-12-8-6-9-13-17)19(16-22)24-18-14-10-7-11-15-18/h6-16,19-20H,1-5H3/t19-,20+/m1/s1. The Kier molecular flexibility index (Phi) is 6.66. The maximum atomic E-state index is 12.0. The number of aldehydes is 1. The quantitative estimate of drug-likeness (QED) is 0.333. The summed E-state index contributed by atoms with van der Waals surface area (Å²) in [6.45, 7) is 11.1. The molecule has 0 radical (unpaired) electrons. The van der Waals surface area contributed by atoms with Crippen LogP contribution in [0.5, 0.6) is 0 Å². The first-order valence-corrected chi connectivity index (χ1v) is 12.4. The van der Waals surface area contributed by atoms with Crippen molar-refractivity contribution < 1.29 is 9.22 Å². The number of benzene rings is 2.